The lowest BCUT2D eigenvalue weighted by Gasteiger charge is -2.00. The van der Waals surface area contributed by atoms with Gasteiger partial charge in [-0.1, -0.05) is 22.0 Å². The first-order valence-electron chi connectivity index (χ1n) is 4.88. The highest BCUT2D eigenvalue weighted by Crippen LogP contribution is 2.44. The summed E-state index contributed by atoms with van der Waals surface area (Å²) in [5.74, 6) is 0.740. The predicted octanol–water partition coefficient (Wildman–Crippen LogP) is 3.21. The van der Waals surface area contributed by atoms with Gasteiger partial charge >= 0.3 is 0 Å². The number of fused-ring (bicyclic) bond motifs is 1. The topological polar surface area (TPSA) is 17.8 Å². The second-order valence-corrected chi connectivity index (χ2v) is 4.77. The highest BCUT2D eigenvalue weighted by molar-refractivity contribution is 9.10. The van der Waals surface area contributed by atoms with Gasteiger partial charge in [-0.25, -0.2) is 0 Å². The van der Waals surface area contributed by atoms with Gasteiger partial charge in [0.25, 0.3) is 0 Å². The van der Waals surface area contributed by atoms with Crippen LogP contribution >= 0.6 is 15.9 Å². The molecule has 0 saturated heterocycles. The number of aromatic nitrogens is 2. The van der Waals surface area contributed by atoms with Crippen molar-refractivity contribution in [1.29, 1.82) is 0 Å². The van der Waals surface area contributed by atoms with Gasteiger partial charge in [0, 0.05) is 22.8 Å². The van der Waals surface area contributed by atoms with Crippen molar-refractivity contribution in [2.75, 3.05) is 0 Å². The number of hydrogen-bond acceptors (Lipinski definition) is 1. The molecule has 72 valence electrons. The quantitative estimate of drug-likeness (QED) is 0.760. The van der Waals surface area contributed by atoms with Gasteiger partial charge in [-0.15, -0.1) is 0 Å². The van der Waals surface area contributed by atoms with E-state index in [-0.39, 0.29) is 0 Å². The van der Waals surface area contributed by atoms with E-state index in [1.807, 2.05) is 17.8 Å². The summed E-state index contributed by atoms with van der Waals surface area (Å²) in [5, 5.41) is 5.83. The highest BCUT2D eigenvalue weighted by Gasteiger charge is 2.29. The molecule has 14 heavy (non-hydrogen) atoms. The smallest absolute Gasteiger partial charge is 0.0937 e. The molecule has 0 N–H and O–H groups in total. The van der Waals surface area contributed by atoms with Crippen LogP contribution in [0, 0.1) is 0 Å². The van der Waals surface area contributed by atoms with Crippen LogP contribution in [0.15, 0.2) is 22.7 Å². The van der Waals surface area contributed by atoms with Crippen LogP contribution in [0.25, 0.3) is 10.9 Å². The molecule has 1 aliphatic rings. The Kier molecular flexibility index (Phi) is 1.71. The van der Waals surface area contributed by atoms with Crippen molar-refractivity contribution >= 4 is 26.8 Å². The summed E-state index contributed by atoms with van der Waals surface area (Å²) in [7, 11) is 2.04. The molecule has 0 amide bonds. The lowest BCUT2D eigenvalue weighted by molar-refractivity contribution is 0.723. The Morgan fingerprint density at radius 1 is 1.43 bits per heavy atom. The summed E-state index contributed by atoms with van der Waals surface area (Å²) in [6.45, 7) is 0. The van der Waals surface area contributed by atoms with Crippen molar-refractivity contribution in [2.45, 2.75) is 18.8 Å². The zero-order valence-corrected chi connectivity index (χ0v) is 9.58. The van der Waals surface area contributed by atoms with Crippen LogP contribution in [-0.4, -0.2) is 9.78 Å². The SMILES string of the molecule is Cn1nc2cccc(Br)c2c1C1CC1. The van der Waals surface area contributed by atoms with E-state index in [1.54, 1.807) is 0 Å². The standard InChI is InChI=1S/C11H11BrN2/c1-14-11(7-5-6-7)10-8(12)3-2-4-9(10)13-14/h2-4,7H,5-6H2,1H3. The number of hydrogen-bond donors (Lipinski definition) is 0. The summed E-state index contributed by atoms with van der Waals surface area (Å²) in [4.78, 5) is 0. The summed E-state index contributed by atoms with van der Waals surface area (Å²) < 4.78 is 3.21. The van der Waals surface area contributed by atoms with Gasteiger partial charge in [-0.05, 0) is 25.0 Å². The summed E-state index contributed by atoms with van der Waals surface area (Å²) in [5.41, 5.74) is 2.50. The molecule has 0 aliphatic heterocycles. The van der Waals surface area contributed by atoms with E-state index in [0.717, 1.165) is 11.4 Å². The molecule has 0 spiro atoms. The number of rotatable bonds is 1. The van der Waals surface area contributed by atoms with Gasteiger partial charge in [-0.2, -0.15) is 5.10 Å². The third-order valence-electron chi connectivity index (χ3n) is 2.82. The van der Waals surface area contributed by atoms with Crippen LogP contribution in [0.2, 0.25) is 0 Å². The lowest BCUT2D eigenvalue weighted by atomic mass is 10.1. The predicted molar refractivity (Wildman–Crippen MR) is 60.4 cm³/mol. The Hall–Kier alpha value is -0.830. The first-order chi connectivity index (χ1) is 6.77. The van der Waals surface area contributed by atoms with E-state index < -0.39 is 0 Å². The van der Waals surface area contributed by atoms with Crippen LogP contribution in [-0.2, 0) is 7.05 Å². The first-order valence-corrected chi connectivity index (χ1v) is 5.68. The van der Waals surface area contributed by atoms with Crippen molar-refractivity contribution in [1.82, 2.24) is 9.78 Å². The van der Waals surface area contributed by atoms with Gasteiger partial charge in [0.2, 0.25) is 0 Å². The fourth-order valence-corrected chi connectivity index (χ4v) is 2.61. The molecule has 1 aromatic heterocycles. The first kappa shape index (κ1) is 8.48. The number of halogens is 1. The lowest BCUT2D eigenvalue weighted by Crippen LogP contribution is -1.95. The number of benzene rings is 1. The van der Waals surface area contributed by atoms with E-state index in [2.05, 4.69) is 33.2 Å². The van der Waals surface area contributed by atoms with E-state index in [9.17, 15) is 0 Å². The average Bonchev–Trinajstić information content (AvgIpc) is 2.90. The van der Waals surface area contributed by atoms with Crippen molar-refractivity contribution in [2.24, 2.45) is 7.05 Å². The molecule has 0 unspecified atom stereocenters. The molecule has 1 aromatic carbocycles. The van der Waals surface area contributed by atoms with Crippen LogP contribution in [0.3, 0.4) is 0 Å². The molecule has 0 radical (unpaired) electrons. The van der Waals surface area contributed by atoms with Gasteiger partial charge in [0.15, 0.2) is 0 Å². The highest BCUT2D eigenvalue weighted by atomic mass is 79.9. The molecule has 0 bridgehead atoms. The Morgan fingerprint density at radius 3 is 2.93 bits per heavy atom. The minimum Gasteiger partial charge on any atom is -0.271 e. The van der Waals surface area contributed by atoms with E-state index in [4.69, 9.17) is 0 Å². The molecular weight excluding hydrogens is 240 g/mol. The third kappa shape index (κ3) is 1.12. The van der Waals surface area contributed by atoms with Crippen molar-refractivity contribution in [3.63, 3.8) is 0 Å². The van der Waals surface area contributed by atoms with Crippen molar-refractivity contribution in [3.05, 3.63) is 28.4 Å². The van der Waals surface area contributed by atoms with E-state index in [1.165, 1.54) is 28.4 Å². The molecule has 1 fully saturated rings. The molecule has 1 saturated carbocycles. The van der Waals surface area contributed by atoms with E-state index in [0.29, 0.717) is 0 Å². The largest absolute Gasteiger partial charge is 0.271 e. The zero-order valence-electron chi connectivity index (χ0n) is 8.00. The van der Waals surface area contributed by atoms with Gasteiger partial charge in [0.05, 0.1) is 11.2 Å². The van der Waals surface area contributed by atoms with Crippen molar-refractivity contribution in [3.8, 4) is 0 Å². The molecular formula is C11H11BrN2. The summed E-state index contributed by atoms with van der Waals surface area (Å²) >= 11 is 3.60. The molecule has 2 aromatic rings. The maximum absolute atomic E-state index is 4.52. The van der Waals surface area contributed by atoms with Gasteiger partial charge < -0.3 is 0 Å². The number of aryl methyl sites for hydroxylation is 1. The van der Waals surface area contributed by atoms with Crippen LogP contribution in [0.1, 0.15) is 24.5 Å². The fraction of sp³-hybridized carbons (Fsp3) is 0.364. The second kappa shape index (κ2) is 2.83. The maximum Gasteiger partial charge on any atom is 0.0937 e. The molecule has 0 atom stereocenters. The Morgan fingerprint density at radius 2 is 2.21 bits per heavy atom. The summed E-state index contributed by atoms with van der Waals surface area (Å²) in [6, 6.07) is 6.21. The maximum atomic E-state index is 4.52. The van der Waals surface area contributed by atoms with Gasteiger partial charge in [0.1, 0.15) is 0 Å². The second-order valence-electron chi connectivity index (χ2n) is 3.92. The summed E-state index contributed by atoms with van der Waals surface area (Å²) in [6.07, 6.45) is 2.63. The molecule has 3 heteroatoms. The normalized spacial score (nSPS) is 16.4. The molecule has 1 aliphatic carbocycles. The molecule has 1 heterocycles. The van der Waals surface area contributed by atoms with Crippen LogP contribution in [0.5, 0.6) is 0 Å². The van der Waals surface area contributed by atoms with Gasteiger partial charge in [-0.3, -0.25) is 4.68 Å². The molecule has 3 rings (SSSR count). The average molecular weight is 251 g/mol. The van der Waals surface area contributed by atoms with Crippen LogP contribution < -0.4 is 0 Å². The Balaban J connectivity index is 2.39. The minimum atomic E-state index is 0.740. The monoisotopic (exact) mass is 250 g/mol. The van der Waals surface area contributed by atoms with E-state index >= 15 is 0 Å². The Bertz CT molecular complexity index is 497. The zero-order chi connectivity index (χ0) is 9.71. The van der Waals surface area contributed by atoms with Crippen LogP contribution in [0.4, 0.5) is 0 Å². The molecule has 2 nitrogen and oxygen atoms in total. The Labute approximate surface area is 91.0 Å². The van der Waals surface area contributed by atoms with Crippen molar-refractivity contribution < 1.29 is 0 Å². The minimum absolute atomic E-state index is 0.740. The third-order valence-corrected chi connectivity index (χ3v) is 3.48. The number of nitrogens with zero attached hydrogens (tertiary/aromatic N) is 2. The fourth-order valence-electron chi connectivity index (χ4n) is 2.05.